The third-order valence-corrected chi connectivity index (χ3v) is 3.02. The van der Waals surface area contributed by atoms with Gasteiger partial charge in [-0.15, -0.1) is 0 Å². The van der Waals surface area contributed by atoms with E-state index < -0.39 is 0 Å². The van der Waals surface area contributed by atoms with E-state index in [9.17, 15) is 0 Å². The highest BCUT2D eigenvalue weighted by Crippen LogP contribution is 2.13. The molecule has 0 aromatic heterocycles. The van der Waals surface area contributed by atoms with Gasteiger partial charge in [0.05, 0.1) is 6.17 Å². The van der Waals surface area contributed by atoms with Crippen molar-refractivity contribution in [2.45, 2.75) is 20.0 Å². The molecule has 4 nitrogen and oxygen atoms in total. The summed E-state index contributed by atoms with van der Waals surface area (Å²) in [6.45, 7) is 6.19. The fourth-order valence-corrected chi connectivity index (χ4v) is 1.49. The first kappa shape index (κ1) is 12.8. The second-order valence-corrected chi connectivity index (χ2v) is 4.08. The van der Waals surface area contributed by atoms with Gasteiger partial charge in [0, 0.05) is 25.5 Å². The third kappa shape index (κ3) is 3.70. The molecule has 1 atom stereocenters. The van der Waals surface area contributed by atoms with Gasteiger partial charge in [-0.25, -0.2) is 0 Å². The van der Waals surface area contributed by atoms with Gasteiger partial charge in [-0.3, -0.25) is 9.89 Å². The van der Waals surface area contributed by atoms with Crippen molar-refractivity contribution < 1.29 is 0 Å². The predicted molar refractivity (Wildman–Crippen MR) is 69.2 cm³/mol. The Balaban J connectivity index is 0.000000181. The number of aliphatic imine (C=N–C) groups is 1. The topological polar surface area (TPSA) is 30.9 Å². The minimum atomic E-state index is 0.546. The molecule has 16 heavy (non-hydrogen) atoms. The summed E-state index contributed by atoms with van der Waals surface area (Å²) in [5.41, 5.74) is 1.38. The summed E-state index contributed by atoms with van der Waals surface area (Å²) in [4.78, 5) is 8.45. The molecule has 0 radical (unpaired) electrons. The maximum absolute atomic E-state index is 3.85. The Morgan fingerprint density at radius 2 is 2.19 bits per heavy atom. The molecule has 0 saturated carbocycles. The molecule has 0 bridgehead atoms. The molecular formula is C12H22N4. The van der Waals surface area contributed by atoms with Gasteiger partial charge in [-0.05, 0) is 33.2 Å². The minimum Gasteiger partial charge on any atom is -0.372 e. The third-order valence-electron chi connectivity index (χ3n) is 3.02. The average molecular weight is 222 g/mol. The van der Waals surface area contributed by atoms with Gasteiger partial charge in [-0.2, -0.15) is 0 Å². The lowest BCUT2D eigenvalue weighted by atomic mass is 10.2. The zero-order valence-electron chi connectivity index (χ0n) is 10.6. The Bertz CT molecular complexity index is 281. The highest BCUT2D eigenvalue weighted by Gasteiger charge is 2.17. The molecule has 1 N–H and O–H groups in total. The van der Waals surface area contributed by atoms with Gasteiger partial charge in [0.1, 0.15) is 6.67 Å². The van der Waals surface area contributed by atoms with E-state index in [0.717, 1.165) is 13.2 Å². The van der Waals surface area contributed by atoms with Crippen LogP contribution < -0.4 is 5.32 Å². The highest BCUT2D eigenvalue weighted by molar-refractivity contribution is 5.71. The lowest BCUT2D eigenvalue weighted by Gasteiger charge is -2.38. The Morgan fingerprint density at radius 1 is 1.44 bits per heavy atom. The van der Waals surface area contributed by atoms with E-state index in [0.29, 0.717) is 6.17 Å². The molecule has 4 heteroatoms. The molecule has 1 unspecified atom stereocenters. The second kappa shape index (κ2) is 6.33. The largest absolute Gasteiger partial charge is 0.372 e. The monoisotopic (exact) mass is 222 g/mol. The van der Waals surface area contributed by atoms with Gasteiger partial charge >= 0.3 is 0 Å². The minimum absolute atomic E-state index is 0.546. The molecule has 0 saturated heterocycles. The number of hydrogen-bond acceptors (Lipinski definition) is 4. The fourth-order valence-electron chi connectivity index (χ4n) is 1.49. The number of allylic oxidation sites excluding steroid dienone is 2. The zero-order chi connectivity index (χ0) is 12.0. The molecule has 0 spiro atoms. The van der Waals surface area contributed by atoms with Crippen LogP contribution in [0.25, 0.3) is 0 Å². The van der Waals surface area contributed by atoms with Crippen LogP contribution in [0.15, 0.2) is 29.0 Å². The van der Waals surface area contributed by atoms with Crippen LogP contribution in [0.4, 0.5) is 0 Å². The van der Waals surface area contributed by atoms with Crippen LogP contribution in [-0.4, -0.2) is 49.5 Å². The second-order valence-electron chi connectivity index (χ2n) is 4.08. The summed E-state index contributed by atoms with van der Waals surface area (Å²) < 4.78 is 0. The molecule has 0 amide bonds. The van der Waals surface area contributed by atoms with Crippen molar-refractivity contribution in [3.63, 3.8) is 0 Å². The van der Waals surface area contributed by atoms with Crippen LogP contribution in [0.2, 0.25) is 0 Å². The Labute approximate surface area is 98.3 Å². The molecule has 90 valence electrons. The average Bonchev–Trinajstić information content (AvgIpc) is 2.35. The molecule has 2 aliphatic heterocycles. The van der Waals surface area contributed by atoms with Crippen molar-refractivity contribution in [2.75, 3.05) is 27.3 Å². The smallest absolute Gasteiger partial charge is 0.107 e. The molecular weight excluding hydrogens is 200 g/mol. The molecule has 0 aromatic carbocycles. The van der Waals surface area contributed by atoms with Crippen molar-refractivity contribution in [2.24, 2.45) is 4.99 Å². The van der Waals surface area contributed by atoms with Gasteiger partial charge in [0.15, 0.2) is 0 Å². The Kier molecular flexibility index (Phi) is 5.05. The first-order valence-electron chi connectivity index (χ1n) is 5.61. The predicted octanol–water partition coefficient (Wildman–Crippen LogP) is 1.25. The number of likely N-dealkylation sites (N-methyl/N-ethyl adjacent to an activating group) is 1. The molecule has 0 fully saturated rings. The summed E-state index contributed by atoms with van der Waals surface area (Å²) in [5.74, 6) is 0. The fraction of sp³-hybridized carbons (Fsp3) is 0.583. The summed E-state index contributed by atoms with van der Waals surface area (Å²) in [7, 11) is 4.27. The maximum atomic E-state index is 3.85. The van der Waals surface area contributed by atoms with Crippen molar-refractivity contribution in [3.05, 3.63) is 24.0 Å². The molecule has 2 heterocycles. The summed E-state index contributed by atoms with van der Waals surface area (Å²) in [6, 6.07) is 0. The molecule has 2 aliphatic rings. The zero-order valence-corrected chi connectivity index (χ0v) is 10.6. The normalized spacial score (nSPS) is 24.4. The first-order chi connectivity index (χ1) is 7.63. The van der Waals surface area contributed by atoms with E-state index in [1.54, 1.807) is 6.21 Å². The number of nitrogens with zero attached hydrogens (tertiary/aromatic N) is 3. The number of nitrogens with one attached hydrogen (secondary N) is 1. The van der Waals surface area contributed by atoms with Gasteiger partial charge in [0.25, 0.3) is 0 Å². The van der Waals surface area contributed by atoms with Crippen molar-refractivity contribution in [3.8, 4) is 0 Å². The van der Waals surface area contributed by atoms with Crippen molar-refractivity contribution in [1.82, 2.24) is 15.1 Å². The quantitative estimate of drug-likeness (QED) is 0.669. The molecule has 0 aliphatic carbocycles. The van der Waals surface area contributed by atoms with Crippen LogP contribution in [0.3, 0.4) is 0 Å². The van der Waals surface area contributed by atoms with E-state index in [4.69, 9.17) is 0 Å². The van der Waals surface area contributed by atoms with E-state index in [-0.39, 0.29) is 0 Å². The van der Waals surface area contributed by atoms with Crippen molar-refractivity contribution in [1.29, 1.82) is 0 Å². The highest BCUT2D eigenvalue weighted by atomic mass is 15.3. The van der Waals surface area contributed by atoms with Crippen LogP contribution >= 0.6 is 0 Å². The van der Waals surface area contributed by atoms with E-state index in [1.807, 2.05) is 12.3 Å². The van der Waals surface area contributed by atoms with E-state index >= 15 is 0 Å². The van der Waals surface area contributed by atoms with Gasteiger partial charge < -0.3 is 10.2 Å². The lowest BCUT2D eigenvalue weighted by Crippen LogP contribution is -2.44. The summed E-state index contributed by atoms with van der Waals surface area (Å²) in [6.07, 6.45) is 8.30. The SMILES string of the molecule is C1=CNCN=C1.CC1=CCN(C)C(C)N1C. The maximum Gasteiger partial charge on any atom is 0.107 e. The van der Waals surface area contributed by atoms with Crippen LogP contribution in [0, 0.1) is 0 Å². The van der Waals surface area contributed by atoms with Crippen LogP contribution in [0.1, 0.15) is 13.8 Å². The van der Waals surface area contributed by atoms with Gasteiger partial charge in [0.2, 0.25) is 0 Å². The molecule has 0 aromatic rings. The number of hydrogen-bond donors (Lipinski definition) is 1. The lowest BCUT2D eigenvalue weighted by molar-refractivity contribution is 0.121. The molecule has 2 rings (SSSR count). The standard InChI is InChI=1S/C8H16N2.C4H6N2/c1-7-5-6-9(3)8(2)10(7)4;1-2-5-4-6-3-1/h5,8H,6H2,1-4H3;1-3,5H,4H2. The van der Waals surface area contributed by atoms with Crippen LogP contribution in [0.5, 0.6) is 0 Å². The Hall–Kier alpha value is -1.29. The Morgan fingerprint density at radius 3 is 2.56 bits per heavy atom. The van der Waals surface area contributed by atoms with Crippen LogP contribution in [-0.2, 0) is 0 Å². The summed E-state index contributed by atoms with van der Waals surface area (Å²) >= 11 is 0. The van der Waals surface area contributed by atoms with E-state index in [1.165, 1.54) is 5.70 Å². The van der Waals surface area contributed by atoms with Crippen molar-refractivity contribution >= 4 is 6.21 Å². The summed E-state index contributed by atoms with van der Waals surface area (Å²) in [5, 5.41) is 2.91. The van der Waals surface area contributed by atoms with E-state index in [2.05, 4.69) is 54.1 Å². The van der Waals surface area contributed by atoms with Gasteiger partial charge in [-0.1, -0.05) is 6.08 Å². The first-order valence-corrected chi connectivity index (χ1v) is 5.61. The number of rotatable bonds is 0.